The predicted molar refractivity (Wildman–Crippen MR) is 157 cm³/mol. The standard InChI is InChI=1S/C12H18.C8H10.C5H12.2C4H10/c1-3-4-5-9-12-10-7-6-8-11(12)2;1-7-5-3-4-6-8(7)2;1-4-5(2)3;2*1-3-4-2/h6-8,10H,3-5,9H2,1-2H3;3-6H,1-2H3;5H,4H2,1-3H3;2*3-4H2,1-2H3. The molecule has 0 aliphatic carbocycles. The fraction of sp³-hybridized carbons (Fsp3) is 0.636. The van der Waals surface area contributed by atoms with Gasteiger partial charge in [-0.15, -0.1) is 0 Å². The molecule has 2 rings (SSSR count). The van der Waals surface area contributed by atoms with Crippen LogP contribution in [0, 0.1) is 26.7 Å². The van der Waals surface area contributed by atoms with Crippen LogP contribution in [0.25, 0.3) is 0 Å². The zero-order valence-corrected chi connectivity index (χ0v) is 24.6. The van der Waals surface area contributed by atoms with E-state index in [-0.39, 0.29) is 0 Å². The van der Waals surface area contributed by atoms with Gasteiger partial charge in [0.2, 0.25) is 0 Å². The number of aryl methyl sites for hydroxylation is 4. The molecule has 0 heteroatoms. The van der Waals surface area contributed by atoms with Crippen LogP contribution in [0.3, 0.4) is 0 Å². The molecule has 0 bridgehead atoms. The van der Waals surface area contributed by atoms with E-state index in [1.165, 1.54) is 80.0 Å². The summed E-state index contributed by atoms with van der Waals surface area (Å²) in [5, 5.41) is 0. The molecular weight excluding hydrogens is 396 g/mol. The summed E-state index contributed by atoms with van der Waals surface area (Å²) in [6.07, 6.45) is 11.8. The molecule has 192 valence electrons. The minimum atomic E-state index is 0.884. The lowest BCUT2D eigenvalue weighted by atomic mass is 10.0. The molecule has 0 amide bonds. The quantitative estimate of drug-likeness (QED) is 0.363. The lowest BCUT2D eigenvalue weighted by Crippen LogP contribution is -1.88. The van der Waals surface area contributed by atoms with Crippen molar-refractivity contribution in [1.29, 1.82) is 0 Å². The average molecular weight is 457 g/mol. The van der Waals surface area contributed by atoms with Crippen LogP contribution >= 0.6 is 0 Å². The molecule has 2 aromatic rings. The first-order chi connectivity index (χ1) is 15.7. The maximum atomic E-state index is 2.25. The normalized spacial score (nSPS) is 9.21. The molecule has 0 aliphatic heterocycles. The van der Waals surface area contributed by atoms with Crippen molar-refractivity contribution in [3.8, 4) is 0 Å². The number of benzene rings is 2. The van der Waals surface area contributed by atoms with E-state index >= 15 is 0 Å². The van der Waals surface area contributed by atoms with Gasteiger partial charge in [-0.3, -0.25) is 0 Å². The Morgan fingerprint density at radius 3 is 1.15 bits per heavy atom. The molecule has 0 atom stereocenters. The first-order valence-electron chi connectivity index (χ1n) is 13.8. The number of hydrogen-bond acceptors (Lipinski definition) is 0. The van der Waals surface area contributed by atoms with E-state index in [0.29, 0.717) is 0 Å². The first kappa shape index (κ1) is 36.0. The molecule has 0 fully saturated rings. The van der Waals surface area contributed by atoms with Crippen LogP contribution in [0.2, 0.25) is 0 Å². The Bertz CT molecular complexity index is 580. The van der Waals surface area contributed by atoms with Crippen molar-refractivity contribution in [3.63, 3.8) is 0 Å². The third-order valence-electron chi connectivity index (χ3n) is 5.55. The van der Waals surface area contributed by atoms with Crippen LogP contribution in [-0.4, -0.2) is 0 Å². The predicted octanol–water partition coefficient (Wildman–Crippen LogP) is 11.7. The zero-order chi connectivity index (χ0) is 25.9. The second-order valence-corrected chi connectivity index (χ2v) is 9.27. The Labute approximate surface area is 210 Å². The van der Waals surface area contributed by atoms with Crippen molar-refractivity contribution in [2.45, 2.75) is 134 Å². The van der Waals surface area contributed by atoms with Crippen LogP contribution < -0.4 is 0 Å². The SMILES string of the molecule is CCC(C)C.CCCC.CCCC.CCCCCc1ccccc1C.Cc1ccccc1C. The van der Waals surface area contributed by atoms with Crippen LogP contribution in [0.1, 0.15) is 129 Å². The summed E-state index contributed by atoms with van der Waals surface area (Å²) < 4.78 is 0. The van der Waals surface area contributed by atoms with Gasteiger partial charge in [0, 0.05) is 0 Å². The van der Waals surface area contributed by atoms with Gasteiger partial charge in [0.05, 0.1) is 0 Å². The van der Waals surface area contributed by atoms with Crippen LogP contribution in [-0.2, 0) is 6.42 Å². The summed E-state index contributed by atoms with van der Waals surface area (Å²) in [7, 11) is 0. The molecule has 0 heterocycles. The lowest BCUT2D eigenvalue weighted by molar-refractivity contribution is 0.626. The first-order valence-corrected chi connectivity index (χ1v) is 13.8. The zero-order valence-electron chi connectivity index (χ0n) is 24.6. The Morgan fingerprint density at radius 1 is 0.515 bits per heavy atom. The highest BCUT2D eigenvalue weighted by atomic mass is 14.0. The number of hydrogen-bond donors (Lipinski definition) is 0. The summed E-state index contributed by atoms with van der Waals surface area (Å²) in [5.74, 6) is 0.884. The fourth-order valence-electron chi connectivity index (χ4n) is 2.12. The molecule has 0 saturated heterocycles. The Hall–Kier alpha value is -1.56. The summed E-state index contributed by atoms with van der Waals surface area (Å²) in [6.45, 7) is 24.1. The van der Waals surface area contributed by atoms with Gasteiger partial charge in [-0.25, -0.2) is 0 Å². The van der Waals surface area contributed by atoms with Gasteiger partial charge in [-0.05, 0) is 61.8 Å². The smallest absolute Gasteiger partial charge is 0.0276 e. The maximum Gasteiger partial charge on any atom is -0.0276 e. The molecule has 2 aromatic carbocycles. The average Bonchev–Trinajstić information content (AvgIpc) is 2.83. The second kappa shape index (κ2) is 28.5. The van der Waals surface area contributed by atoms with Gasteiger partial charge in [0.1, 0.15) is 0 Å². The highest BCUT2D eigenvalue weighted by Crippen LogP contribution is 2.11. The van der Waals surface area contributed by atoms with E-state index in [1.807, 2.05) is 0 Å². The van der Waals surface area contributed by atoms with E-state index in [9.17, 15) is 0 Å². The lowest BCUT2D eigenvalue weighted by Gasteiger charge is -2.03. The molecule has 33 heavy (non-hydrogen) atoms. The van der Waals surface area contributed by atoms with Crippen LogP contribution in [0.15, 0.2) is 48.5 Å². The third-order valence-corrected chi connectivity index (χ3v) is 5.55. The Balaban J connectivity index is -0.000000372. The van der Waals surface area contributed by atoms with E-state index in [0.717, 1.165) is 5.92 Å². The van der Waals surface area contributed by atoms with Gasteiger partial charge in [0.25, 0.3) is 0 Å². The van der Waals surface area contributed by atoms with Gasteiger partial charge >= 0.3 is 0 Å². The maximum absolute atomic E-state index is 2.25. The second-order valence-electron chi connectivity index (χ2n) is 9.27. The fourth-order valence-corrected chi connectivity index (χ4v) is 2.12. The topological polar surface area (TPSA) is 0 Å². The molecule has 0 saturated carbocycles. The highest BCUT2D eigenvalue weighted by Gasteiger charge is 1.95. The molecule has 0 N–H and O–H groups in total. The minimum absolute atomic E-state index is 0.884. The Morgan fingerprint density at radius 2 is 0.879 bits per heavy atom. The summed E-state index contributed by atoms with van der Waals surface area (Å²) in [5.41, 5.74) is 5.69. The van der Waals surface area contributed by atoms with Crippen molar-refractivity contribution in [2.75, 3.05) is 0 Å². The van der Waals surface area contributed by atoms with E-state index in [4.69, 9.17) is 0 Å². The number of unbranched alkanes of at least 4 members (excludes halogenated alkanes) is 4. The molecule has 0 aromatic heterocycles. The molecule has 0 nitrogen and oxygen atoms in total. The third kappa shape index (κ3) is 28.4. The van der Waals surface area contributed by atoms with Crippen molar-refractivity contribution < 1.29 is 0 Å². The van der Waals surface area contributed by atoms with Gasteiger partial charge in [0.15, 0.2) is 0 Å². The summed E-state index contributed by atoms with van der Waals surface area (Å²) in [6, 6.07) is 17.0. The van der Waals surface area contributed by atoms with E-state index in [2.05, 4.69) is 125 Å². The van der Waals surface area contributed by atoms with E-state index < -0.39 is 0 Å². The molecular formula is C33H60. The molecule has 0 spiro atoms. The summed E-state index contributed by atoms with van der Waals surface area (Å²) in [4.78, 5) is 0. The van der Waals surface area contributed by atoms with Gasteiger partial charge in [-0.1, -0.05) is 149 Å². The van der Waals surface area contributed by atoms with Crippen molar-refractivity contribution in [2.24, 2.45) is 5.92 Å². The van der Waals surface area contributed by atoms with Crippen molar-refractivity contribution >= 4 is 0 Å². The van der Waals surface area contributed by atoms with Crippen LogP contribution in [0.4, 0.5) is 0 Å². The largest absolute Gasteiger partial charge is 0.0654 e. The molecule has 0 aliphatic rings. The van der Waals surface area contributed by atoms with Gasteiger partial charge < -0.3 is 0 Å². The van der Waals surface area contributed by atoms with Gasteiger partial charge in [-0.2, -0.15) is 0 Å². The Kier molecular flexibility index (Phi) is 31.1. The minimum Gasteiger partial charge on any atom is -0.0654 e. The summed E-state index contributed by atoms with van der Waals surface area (Å²) >= 11 is 0. The highest BCUT2D eigenvalue weighted by molar-refractivity contribution is 5.25. The molecule has 0 radical (unpaired) electrons. The van der Waals surface area contributed by atoms with E-state index in [1.54, 1.807) is 0 Å². The van der Waals surface area contributed by atoms with Crippen molar-refractivity contribution in [3.05, 3.63) is 70.8 Å². The number of rotatable bonds is 7. The monoisotopic (exact) mass is 456 g/mol. The molecule has 0 unspecified atom stereocenters. The van der Waals surface area contributed by atoms with Crippen LogP contribution in [0.5, 0.6) is 0 Å². The van der Waals surface area contributed by atoms with Crippen molar-refractivity contribution in [1.82, 2.24) is 0 Å².